The van der Waals surface area contributed by atoms with Crippen molar-refractivity contribution >= 4 is 11.8 Å². The van der Waals surface area contributed by atoms with Crippen LogP contribution in [0.25, 0.3) is 0 Å². The summed E-state index contributed by atoms with van der Waals surface area (Å²) in [4.78, 5) is 29.2. The number of hydrogen-bond donors (Lipinski definition) is 0. The summed E-state index contributed by atoms with van der Waals surface area (Å²) in [6.45, 7) is 4.35. The van der Waals surface area contributed by atoms with Crippen LogP contribution in [0.1, 0.15) is 38.9 Å². The molecular weight excluding hydrogens is 395 g/mol. The molecule has 0 radical (unpaired) electrons. The fraction of sp³-hybridized carbons (Fsp3) is 0.292. The zero-order valence-corrected chi connectivity index (χ0v) is 17.5. The molecule has 1 saturated heterocycles. The topological polar surface area (TPSA) is 58.4 Å². The van der Waals surface area contributed by atoms with Gasteiger partial charge in [0.05, 0.1) is 24.0 Å². The molecule has 160 valence electrons. The van der Waals surface area contributed by atoms with Crippen LogP contribution in [0.3, 0.4) is 0 Å². The van der Waals surface area contributed by atoms with E-state index in [4.69, 9.17) is 0 Å². The SMILES string of the molecule is CCc1c(C(=O)N2CCN(C(=O)c3cccc(F)c3)CC2)cnn1Cc1ccccc1. The van der Waals surface area contributed by atoms with E-state index in [0.717, 1.165) is 11.3 Å². The first kappa shape index (κ1) is 20.8. The first-order valence-corrected chi connectivity index (χ1v) is 10.5. The Balaban J connectivity index is 1.42. The van der Waals surface area contributed by atoms with E-state index in [-0.39, 0.29) is 11.8 Å². The second kappa shape index (κ2) is 9.12. The first-order chi connectivity index (χ1) is 15.1. The van der Waals surface area contributed by atoms with Gasteiger partial charge in [-0.2, -0.15) is 5.10 Å². The van der Waals surface area contributed by atoms with E-state index in [1.165, 1.54) is 18.2 Å². The number of amides is 2. The molecule has 1 fully saturated rings. The summed E-state index contributed by atoms with van der Waals surface area (Å²) >= 11 is 0. The van der Waals surface area contributed by atoms with Gasteiger partial charge in [-0.05, 0) is 30.2 Å². The van der Waals surface area contributed by atoms with Gasteiger partial charge in [-0.1, -0.05) is 43.3 Å². The first-order valence-electron chi connectivity index (χ1n) is 10.5. The standard InChI is InChI=1S/C24H25FN4O2/c1-2-22-21(16-26-29(22)17-18-7-4-3-5-8-18)24(31)28-13-11-27(12-14-28)23(30)19-9-6-10-20(25)15-19/h3-10,15-16H,2,11-14,17H2,1H3. The van der Waals surface area contributed by atoms with Crippen LogP contribution in [0.4, 0.5) is 4.39 Å². The summed E-state index contributed by atoms with van der Waals surface area (Å²) in [5.74, 6) is -0.704. The van der Waals surface area contributed by atoms with Crippen LogP contribution in [-0.2, 0) is 13.0 Å². The molecule has 1 aliphatic heterocycles. The molecule has 0 saturated carbocycles. The lowest BCUT2D eigenvalue weighted by atomic mass is 10.1. The maximum absolute atomic E-state index is 13.4. The Bertz CT molecular complexity index is 1070. The summed E-state index contributed by atoms with van der Waals surface area (Å²) in [6.07, 6.45) is 2.35. The predicted octanol–water partition coefficient (Wildman–Crippen LogP) is 3.23. The van der Waals surface area contributed by atoms with Gasteiger partial charge in [0.2, 0.25) is 0 Å². The number of nitrogens with zero attached hydrogens (tertiary/aromatic N) is 4. The van der Waals surface area contributed by atoms with Crippen LogP contribution < -0.4 is 0 Å². The minimum absolute atomic E-state index is 0.0611. The quantitative estimate of drug-likeness (QED) is 0.637. The van der Waals surface area contributed by atoms with Gasteiger partial charge in [0.25, 0.3) is 11.8 Å². The summed E-state index contributed by atoms with van der Waals surface area (Å²) in [7, 11) is 0. The highest BCUT2D eigenvalue weighted by molar-refractivity contribution is 5.96. The highest BCUT2D eigenvalue weighted by Crippen LogP contribution is 2.17. The number of rotatable bonds is 5. The van der Waals surface area contributed by atoms with Crippen LogP contribution >= 0.6 is 0 Å². The second-order valence-electron chi connectivity index (χ2n) is 7.60. The summed E-state index contributed by atoms with van der Waals surface area (Å²) < 4.78 is 15.3. The minimum atomic E-state index is -0.431. The van der Waals surface area contributed by atoms with Gasteiger partial charge in [-0.3, -0.25) is 14.3 Å². The third-order valence-corrected chi connectivity index (χ3v) is 5.61. The van der Waals surface area contributed by atoms with E-state index < -0.39 is 5.82 Å². The van der Waals surface area contributed by atoms with Crippen molar-refractivity contribution in [1.29, 1.82) is 0 Å². The Morgan fingerprint density at radius 1 is 0.935 bits per heavy atom. The third-order valence-electron chi connectivity index (χ3n) is 5.61. The fourth-order valence-electron chi connectivity index (χ4n) is 3.94. The van der Waals surface area contributed by atoms with Gasteiger partial charge >= 0.3 is 0 Å². The highest BCUT2D eigenvalue weighted by atomic mass is 19.1. The van der Waals surface area contributed by atoms with E-state index in [1.54, 1.807) is 22.1 Å². The molecule has 1 aliphatic rings. The Kier molecular flexibility index (Phi) is 6.11. The molecule has 0 bridgehead atoms. The Morgan fingerprint density at radius 2 is 1.61 bits per heavy atom. The number of benzene rings is 2. The van der Waals surface area contributed by atoms with Gasteiger partial charge in [0.1, 0.15) is 5.82 Å². The number of piperazine rings is 1. The van der Waals surface area contributed by atoms with E-state index in [1.807, 2.05) is 41.9 Å². The Morgan fingerprint density at radius 3 is 2.26 bits per heavy atom. The number of carbonyl (C=O) groups excluding carboxylic acids is 2. The molecule has 0 N–H and O–H groups in total. The van der Waals surface area contributed by atoms with Crippen molar-refractivity contribution in [3.05, 3.63) is 89.0 Å². The van der Waals surface area contributed by atoms with Crippen molar-refractivity contribution in [1.82, 2.24) is 19.6 Å². The molecule has 0 atom stereocenters. The number of hydrogen-bond acceptors (Lipinski definition) is 3. The minimum Gasteiger partial charge on any atom is -0.335 e. The lowest BCUT2D eigenvalue weighted by molar-refractivity contribution is 0.0534. The number of aromatic nitrogens is 2. The van der Waals surface area contributed by atoms with Gasteiger partial charge in [0.15, 0.2) is 0 Å². The average Bonchev–Trinajstić information content (AvgIpc) is 3.21. The average molecular weight is 420 g/mol. The lowest BCUT2D eigenvalue weighted by Crippen LogP contribution is -2.50. The van der Waals surface area contributed by atoms with Crippen molar-refractivity contribution in [3.8, 4) is 0 Å². The monoisotopic (exact) mass is 420 g/mol. The molecule has 6 nitrogen and oxygen atoms in total. The molecule has 0 spiro atoms. The molecule has 4 rings (SSSR count). The molecule has 2 aromatic carbocycles. The third kappa shape index (κ3) is 4.50. The van der Waals surface area contributed by atoms with E-state index in [2.05, 4.69) is 5.10 Å². The molecule has 7 heteroatoms. The molecule has 2 amide bonds. The van der Waals surface area contributed by atoms with Crippen molar-refractivity contribution in [2.24, 2.45) is 0 Å². The van der Waals surface area contributed by atoms with Crippen LogP contribution in [-0.4, -0.2) is 57.6 Å². The van der Waals surface area contributed by atoms with Gasteiger partial charge in [0, 0.05) is 31.7 Å². The molecule has 0 aliphatic carbocycles. The van der Waals surface area contributed by atoms with Gasteiger partial charge in [-0.15, -0.1) is 0 Å². The lowest BCUT2D eigenvalue weighted by Gasteiger charge is -2.34. The fourth-order valence-corrected chi connectivity index (χ4v) is 3.94. The maximum atomic E-state index is 13.4. The van der Waals surface area contributed by atoms with Gasteiger partial charge in [-0.25, -0.2) is 4.39 Å². The molecule has 1 aromatic heterocycles. The normalized spacial score (nSPS) is 14.0. The Labute approximate surface area is 180 Å². The number of halogens is 1. The van der Waals surface area contributed by atoms with Gasteiger partial charge < -0.3 is 9.80 Å². The summed E-state index contributed by atoms with van der Waals surface area (Å²) in [5, 5.41) is 4.46. The van der Waals surface area contributed by atoms with E-state index >= 15 is 0 Å². The highest BCUT2D eigenvalue weighted by Gasteiger charge is 2.28. The molecule has 2 heterocycles. The van der Waals surface area contributed by atoms with Crippen molar-refractivity contribution in [3.63, 3.8) is 0 Å². The van der Waals surface area contributed by atoms with E-state index in [9.17, 15) is 14.0 Å². The van der Waals surface area contributed by atoms with Crippen molar-refractivity contribution < 1.29 is 14.0 Å². The van der Waals surface area contributed by atoms with Crippen LogP contribution in [0.5, 0.6) is 0 Å². The zero-order chi connectivity index (χ0) is 21.8. The molecule has 31 heavy (non-hydrogen) atoms. The molecule has 3 aromatic rings. The Hall–Kier alpha value is -3.48. The zero-order valence-electron chi connectivity index (χ0n) is 17.5. The van der Waals surface area contributed by atoms with Crippen LogP contribution in [0.15, 0.2) is 60.8 Å². The smallest absolute Gasteiger partial charge is 0.257 e. The largest absolute Gasteiger partial charge is 0.335 e. The molecular formula is C24H25FN4O2. The molecule has 0 unspecified atom stereocenters. The summed E-state index contributed by atoms with van der Waals surface area (Å²) in [6, 6.07) is 15.7. The van der Waals surface area contributed by atoms with Crippen molar-refractivity contribution in [2.45, 2.75) is 19.9 Å². The van der Waals surface area contributed by atoms with Crippen molar-refractivity contribution in [2.75, 3.05) is 26.2 Å². The van der Waals surface area contributed by atoms with Crippen LogP contribution in [0, 0.1) is 5.82 Å². The second-order valence-corrected chi connectivity index (χ2v) is 7.60. The predicted molar refractivity (Wildman–Crippen MR) is 115 cm³/mol. The van der Waals surface area contributed by atoms with E-state index in [0.29, 0.717) is 50.3 Å². The number of carbonyl (C=O) groups is 2. The maximum Gasteiger partial charge on any atom is 0.257 e. The summed E-state index contributed by atoms with van der Waals surface area (Å²) in [5.41, 5.74) is 2.98. The van der Waals surface area contributed by atoms with Crippen LogP contribution in [0.2, 0.25) is 0 Å².